The van der Waals surface area contributed by atoms with Crippen LogP contribution in [-0.2, 0) is 0 Å². The number of hydrogen-bond donors (Lipinski definition) is 0. The topological polar surface area (TPSA) is 20.3 Å². The zero-order valence-electron chi connectivity index (χ0n) is 13.8. The van der Waals surface area contributed by atoms with E-state index in [0.717, 1.165) is 17.5 Å². The highest BCUT2D eigenvalue weighted by atomic mass is 35.5. The summed E-state index contributed by atoms with van der Waals surface area (Å²) in [6.07, 6.45) is 7.26. The van der Waals surface area contributed by atoms with Gasteiger partial charge in [-0.25, -0.2) is 0 Å². The van der Waals surface area contributed by atoms with Gasteiger partial charge in [0, 0.05) is 24.6 Å². The largest absolute Gasteiger partial charge is 0.303 e. The van der Waals surface area contributed by atoms with Gasteiger partial charge in [-0.3, -0.25) is 4.79 Å². The van der Waals surface area contributed by atoms with Crippen LogP contribution in [0.5, 0.6) is 0 Å². The SMILES string of the molecule is CN(CCC(=O)c1ccc2ccccc2c1)C1CCCCC1.Cl. The van der Waals surface area contributed by atoms with Crippen molar-refractivity contribution in [3.8, 4) is 0 Å². The Labute approximate surface area is 145 Å². The smallest absolute Gasteiger partial charge is 0.164 e. The molecule has 1 aliphatic carbocycles. The summed E-state index contributed by atoms with van der Waals surface area (Å²) >= 11 is 0. The summed E-state index contributed by atoms with van der Waals surface area (Å²) in [5.74, 6) is 0.258. The second-order valence-electron chi connectivity index (χ2n) is 6.51. The van der Waals surface area contributed by atoms with Gasteiger partial charge >= 0.3 is 0 Å². The summed E-state index contributed by atoms with van der Waals surface area (Å²) in [4.78, 5) is 14.8. The Morgan fingerprint density at radius 3 is 2.48 bits per heavy atom. The van der Waals surface area contributed by atoms with Crippen molar-refractivity contribution in [3.63, 3.8) is 0 Å². The van der Waals surface area contributed by atoms with Gasteiger partial charge in [-0.2, -0.15) is 0 Å². The van der Waals surface area contributed by atoms with Crippen molar-refractivity contribution >= 4 is 29.0 Å². The Kier molecular flexibility index (Phi) is 6.61. The maximum absolute atomic E-state index is 12.4. The minimum atomic E-state index is 0. The number of carbonyl (C=O) groups is 1. The number of benzene rings is 2. The molecule has 3 heteroatoms. The fourth-order valence-corrected chi connectivity index (χ4v) is 3.49. The van der Waals surface area contributed by atoms with Crippen molar-refractivity contribution < 1.29 is 4.79 Å². The van der Waals surface area contributed by atoms with E-state index in [9.17, 15) is 4.79 Å². The van der Waals surface area contributed by atoms with Gasteiger partial charge in [-0.15, -0.1) is 12.4 Å². The Morgan fingerprint density at radius 1 is 1.04 bits per heavy atom. The summed E-state index contributed by atoms with van der Waals surface area (Å²) in [7, 11) is 2.17. The fourth-order valence-electron chi connectivity index (χ4n) is 3.49. The molecule has 1 aliphatic rings. The van der Waals surface area contributed by atoms with Gasteiger partial charge in [-0.05, 0) is 36.7 Å². The van der Waals surface area contributed by atoms with E-state index in [0.29, 0.717) is 12.5 Å². The third-order valence-corrected chi connectivity index (χ3v) is 4.96. The van der Waals surface area contributed by atoms with Crippen molar-refractivity contribution in [2.45, 2.75) is 44.6 Å². The zero-order valence-corrected chi connectivity index (χ0v) is 14.6. The van der Waals surface area contributed by atoms with Crippen molar-refractivity contribution in [3.05, 3.63) is 48.0 Å². The summed E-state index contributed by atoms with van der Waals surface area (Å²) in [5.41, 5.74) is 0.843. The van der Waals surface area contributed by atoms with Gasteiger partial charge in [0.15, 0.2) is 5.78 Å². The third kappa shape index (κ3) is 4.55. The second-order valence-corrected chi connectivity index (χ2v) is 6.51. The molecule has 0 N–H and O–H groups in total. The number of halogens is 1. The molecule has 0 spiro atoms. The second kappa shape index (κ2) is 8.47. The molecule has 0 heterocycles. The molecule has 0 bridgehead atoms. The van der Waals surface area contributed by atoms with Crippen LogP contribution < -0.4 is 0 Å². The number of rotatable bonds is 5. The molecule has 0 radical (unpaired) electrons. The molecule has 3 rings (SSSR count). The molecule has 0 aromatic heterocycles. The van der Waals surface area contributed by atoms with Gasteiger partial charge in [-0.1, -0.05) is 55.7 Å². The molecule has 2 aromatic rings. The molecule has 124 valence electrons. The van der Waals surface area contributed by atoms with E-state index in [4.69, 9.17) is 0 Å². The Balaban J connectivity index is 0.00000192. The molecule has 0 atom stereocenters. The van der Waals surface area contributed by atoms with E-state index in [1.165, 1.54) is 37.5 Å². The molecule has 2 aromatic carbocycles. The molecular weight excluding hydrogens is 306 g/mol. The van der Waals surface area contributed by atoms with Crippen molar-refractivity contribution in [1.82, 2.24) is 4.90 Å². The van der Waals surface area contributed by atoms with E-state index < -0.39 is 0 Å². The van der Waals surface area contributed by atoms with E-state index in [1.54, 1.807) is 0 Å². The molecule has 0 amide bonds. The van der Waals surface area contributed by atoms with Crippen LogP contribution in [0.25, 0.3) is 10.8 Å². The standard InChI is InChI=1S/C20H25NO.ClH/c1-21(19-9-3-2-4-10-19)14-13-20(22)18-12-11-16-7-5-6-8-17(16)15-18;/h5-8,11-12,15,19H,2-4,9-10,13-14H2,1H3;1H. The van der Waals surface area contributed by atoms with Crippen LogP contribution >= 0.6 is 12.4 Å². The number of hydrogen-bond acceptors (Lipinski definition) is 2. The Hall–Kier alpha value is -1.38. The van der Waals surface area contributed by atoms with Crippen molar-refractivity contribution in [1.29, 1.82) is 0 Å². The van der Waals surface area contributed by atoms with Crippen molar-refractivity contribution in [2.24, 2.45) is 0 Å². The first-order chi connectivity index (χ1) is 10.7. The predicted molar refractivity (Wildman–Crippen MR) is 99.6 cm³/mol. The lowest BCUT2D eigenvalue weighted by atomic mass is 9.94. The lowest BCUT2D eigenvalue weighted by Gasteiger charge is -2.30. The van der Waals surface area contributed by atoms with E-state index >= 15 is 0 Å². The lowest BCUT2D eigenvalue weighted by molar-refractivity contribution is 0.0952. The van der Waals surface area contributed by atoms with E-state index in [1.807, 2.05) is 30.3 Å². The molecule has 2 nitrogen and oxygen atoms in total. The van der Waals surface area contributed by atoms with Crippen LogP contribution in [0.4, 0.5) is 0 Å². The first-order valence-corrected chi connectivity index (χ1v) is 8.46. The highest BCUT2D eigenvalue weighted by Crippen LogP contribution is 2.22. The fraction of sp³-hybridized carbons (Fsp3) is 0.450. The molecule has 0 aliphatic heterocycles. The highest BCUT2D eigenvalue weighted by molar-refractivity contribution is 6.00. The molecule has 0 unspecified atom stereocenters. The quantitative estimate of drug-likeness (QED) is 0.710. The lowest BCUT2D eigenvalue weighted by Crippen LogP contribution is -2.34. The van der Waals surface area contributed by atoms with Crippen LogP contribution in [0.1, 0.15) is 48.9 Å². The molecule has 1 saturated carbocycles. The number of ketones is 1. The van der Waals surface area contributed by atoms with Gasteiger partial charge in [0.05, 0.1) is 0 Å². The third-order valence-electron chi connectivity index (χ3n) is 4.96. The summed E-state index contributed by atoms with van der Waals surface area (Å²) in [5, 5.41) is 2.34. The maximum atomic E-state index is 12.4. The zero-order chi connectivity index (χ0) is 15.4. The van der Waals surface area contributed by atoms with Crippen LogP contribution in [0.2, 0.25) is 0 Å². The number of Topliss-reactive ketones (excluding diaryl/α,β-unsaturated/α-hetero) is 1. The first kappa shape index (κ1) is 18.0. The van der Waals surface area contributed by atoms with Gasteiger partial charge in [0.1, 0.15) is 0 Å². The normalized spacial score (nSPS) is 15.6. The molecule has 23 heavy (non-hydrogen) atoms. The first-order valence-electron chi connectivity index (χ1n) is 8.46. The van der Waals surface area contributed by atoms with Gasteiger partial charge in [0.25, 0.3) is 0 Å². The average molecular weight is 332 g/mol. The van der Waals surface area contributed by atoms with E-state index in [-0.39, 0.29) is 18.2 Å². The predicted octanol–water partition coefficient (Wildman–Crippen LogP) is 5.10. The van der Waals surface area contributed by atoms with Crippen LogP contribution in [0.15, 0.2) is 42.5 Å². The Morgan fingerprint density at radius 2 is 1.74 bits per heavy atom. The Bertz CT molecular complexity index is 649. The average Bonchev–Trinajstić information content (AvgIpc) is 2.59. The maximum Gasteiger partial charge on any atom is 0.164 e. The molecular formula is C20H26ClNO. The molecule has 0 saturated heterocycles. The monoisotopic (exact) mass is 331 g/mol. The van der Waals surface area contributed by atoms with E-state index in [2.05, 4.69) is 24.1 Å². The number of fused-ring (bicyclic) bond motifs is 1. The van der Waals surface area contributed by atoms with Crippen molar-refractivity contribution in [2.75, 3.05) is 13.6 Å². The van der Waals surface area contributed by atoms with Gasteiger partial charge < -0.3 is 4.90 Å². The van der Waals surface area contributed by atoms with Crippen LogP contribution in [-0.4, -0.2) is 30.3 Å². The minimum absolute atomic E-state index is 0. The minimum Gasteiger partial charge on any atom is -0.303 e. The number of nitrogens with zero attached hydrogens (tertiary/aromatic N) is 1. The highest BCUT2D eigenvalue weighted by Gasteiger charge is 2.18. The summed E-state index contributed by atoms with van der Waals surface area (Å²) < 4.78 is 0. The van der Waals surface area contributed by atoms with Gasteiger partial charge in [0.2, 0.25) is 0 Å². The molecule has 1 fully saturated rings. The summed E-state index contributed by atoms with van der Waals surface area (Å²) in [6.45, 7) is 0.871. The van der Waals surface area contributed by atoms with Crippen LogP contribution in [0, 0.1) is 0 Å². The van der Waals surface area contributed by atoms with Crippen LogP contribution in [0.3, 0.4) is 0 Å². The number of carbonyl (C=O) groups excluding carboxylic acids is 1. The summed E-state index contributed by atoms with van der Waals surface area (Å²) in [6, 6.07) is 14.9.